The van der Waals surface area contributed by atoms with E-state index in [1.165, 1.54) is 25.7 Å². The van der Waals surface area contributed by atoms with Crippen molar-refractivity contribution in [1.29, 1.82) is 0 Å². The van der Waals surface area contributed by atoms with E-state index >= 15 is 0 Å². The highest BCUT2D eigenvalue weighted by molar-refractivity contribution is 4.76. The molecular formula is C12H28N2. The molecule has 0 amide bonds. The number of likely N-dealkylation sites (N-methyl/N-ethyl adjacent to an activating group) is 2. The largest absolute Gasteiger partial charge is 0.318 e. The first-order chi connectivity index (χ1) is 6.71. The first kappa shape index (κ1) is 13.9. The molecule has 86 valence electrons. The average Bonchev–Trinajstić information content (AvgIpc) is 2.19. The fourth-order valence-electron chi connectivity index (χ4n) is 2.18. The van der Waals surface area contributed by atoms with Crippen LogP contribution in [0.25, 0.3) is 0 Å². The van der Waals surface area contributed by atoms with Gasteiger partial charge in [-0.15, -0.1) is 0 Å². The molecule has 0 saturated carbocycles. The number of nitrogens with zero attached hydrogens (tertiary/aromatic N) is 1. The Kier molecular flexibility index (Phi) is 8.20. The predicted molar refractivity (Wildman–Crippen MR) is 64.8 cm³/mol. The maximum Gasteiger partial charge on any atom is 0.0220 e. The highest BCUT2D eigenvalue weighted by Crippen LogP contribution is 2.13. The summed E-state index contributed by atoms with van der Waals surface area (Å²) >= 11 is 0. The van der Waals surface area contributed by atoms with Crippen LogP contribution in [0.2, 0.25) is 0 Å². The Morgan fingerprint density at radius 1 is 1.07 bits per heavy atom. The van der Waals surface area contributed by atoms with E-state index in [9.17, 15) is 0 Å². The highest BCUT2D eigenvalue weighted by Gasteiger charge is 2.18. The number of hydrogen-bond donors (Lipinski definition) is 1. The third-order valence-corrected chi connectivity index (χ3v) is 3.16. The summed E-state index contributed by atoms with van der Waals surface area (Å²) in [5.41, 5.74) is 0. The molecule has 0 aromatic carbocycles. The lowest BCUT2D eigenvalue weighted by Crippen LogP contribution is -2.44. The van der Waals surface area contributed by atoms with Gasteiger partial charge in [0.25, 0.3) is 0 Å². The normalized spacial score (nSPS) is 13.9. The summed E-state index contributed by atoms with van der Waals surface area (Å²) in [7, 11) is 4.32. The van der Waals surface area contributed by atoms with E-state index in [1.807, 2.05) is 7.05 Å². The zero-order valence-electron chi connectivity index (χ0n) is 10.6. The van der Waals surface area contributed by atoms with E-state index in [0.29, 0.717) is 6.04 Å². The van der Waals surface area contributed by atoms with Crippen molar-refractivity contribution in [3.8, 4) is 0 Å². The van der Waals surface area contributed by atoms with E-state index in [4.69, 9.17) is 0 Å². The molecule has 0 rings (SSSR count). The van der Waals surface area contributed by atoms with Crippen LogP contribution >= 0.6 is 0 Å². The molecule has 0 aliphatic carbocycles. The smallest absolute Gasteiger partial charge is 0.0220 e. The van der Waals surface area contributed by atoms with Gasteiger partial charge in [-0.05, 0) is 33.4 Å². The number of nitrogens with one attached hydrogen (secondary N) is 1. The third kappa shape index (κ3) is 4.43. The molecule has 1 N–H and O–H groups in total. The Morgan fingerprint density at radius 3 is 2.00 bits per heavy atom. The van der Waals surface area contributed by atoms with Crippen molar-refractivity contribution in [2.75, 3.05) is 20.6 Å². The Bertz CT molecular complexity index is 115. The Balaban J connectivity index is 4.16. The second-order valence-corrected chi connectivity index (χ2v) is 4.14. The Hall–Kier alpha value is -0.0800. The molecule has 0 spiro atoms. The van der Waals surface area contributed by atoms with Crippen molar-refractivity contribution in [2.45, 2.75) is 58.5 Å². The van der Waals surface area contributed by atoms with Crippen molar-refractivity contribution in [2.24, 2.45) is 0 Å². The average molecular weight is 200 g/mol. The van der Waals surface area contributed by atoms with Crippen molar-refractivity contribution < 1.29 is 0 Å². The molecule has 0 bridgehead atoms. The summed E-state index contributed by atoms with van der Waals surface area (Å²) in [5.74, 6) is 0. The topological polar surface area (TPSA) is 15.3 Å². The molecule has 14 heavy (non-hydrogen) atoms. The monoisotopic (exact) mass is 200 g/mol. The van der Waals surface area contributed by atoms with E-state index in [2.05, 4.69) is 38.0 Å². The standard InChI is InChI=1S/C12H28N2/c1-6-9-12(10-13-4)14(5)11(7-2)8-3/h11-13H,6-10H2,1-5H3. The molecule has 2 heteroatoms. The third-order valence-electron chi connectivity index (χ3n) is 3.16. The van der Waals surface area contributed by atoms with E-state index in [1.54, 1.807) is 0 Å². The van der Waals surface area contributed by atoms with Gasteiger partial charge in [-0.1, -0.05) is 27.2 Å². The lowest BCUT2D eigenvalue weighted by molar-refractivity contribution is 0.153. The van der Waals surface area contributed by atoms with Crippen LogP contribution in [-0.2, 0) is 0 Å². The summed E-state index contributed by atoms with van der Waals surface area (Å²) in [4.78, 5) is 2.56. The molecule has 0 aromatic rings. The van der Waals surface area contributed by atoms with E-state index in [-0.39, 0.29) is 0 Å². The second kappa shape index (κ2) is 8.25. The summed E-state index contributed by atoms with van der Waals surface area (Å²) < 4.78 is 0. The minimum atomic E-state index is 0.704. The van der Waals surface area contributed by atoms with Crippen molar-refractivity contribution >= 4 is 0 Å². The van der Waals surface area contributed by atoms with E-state index in [0.717, 1.165) is 12.6 Å². The van der Waals surface area contributed by atoms with Crippen LogP contribution in [0.3, 0.4) is 0 Å². The summed E-state index contributed by atoms with van der Waals surface area (Å²) in [6.45, 7) is 7.95. The zero-order valence-corrected chi connectivity index (χ0v) is 10.6. The molecule has 1 atom stereocenters. The summed E-state index contributed by atoms with van der Waals surface area (Å²) in [5, 5.41) is 3.29. The quantitative estimate of drug-likeness (QED) is 0.647. The van der Waals surface area contributed by atoms with Gasteiger partial charge in [0.1, 0.15) is 0 Å². The van der Waals surface area contributed by atoms with Gasteiger partial charge < -0.3 is 5.32 Å². The van der Waals surface area contributed by atoms with Gasteiger partial charge in [0.2, 0.25) is 0 Å². The van der Waals surface area contributed by atoms with Gasteiger partial charge in [-0.25, -0.2) is 0 Å². The molecule has 0 aliphatic rings. The lowest BCUT2D eigenvalue weighted by atomic mass is 10.1. The van der Waals surface area contributed by atoms with Crippen LogP contribution in [0.1, 0.15) is 46.5 Å². The molecule has 1 unspecified atom stereocenters. The van der Waals surface area contributed by atoms with Crippen molar-refractivity contribution in [3.05, 3.63) is 0 Å². The first-order valence-corrected chi connectivity index (χ1v) is 6.07. The lowest BCUT2D eigenvalue weighted by Gasteiger charge is -2.34. The minimum absolute atomic E-state index is 0.704. The molecule has 0 fully saturated rings. The van der Waals surface area contributed by atoms with Crippen LogP contribution in [0.5, 0.6) is 0 Å². The van der Waals surface area contributed by atoms with Crippen LogP contribution in [0.15, 0.2) is 0 Å². The van der Waals surface area contributed by atoms with Crippen LogP contribution in [0, 0.1) is 0 Å². The molecule has 0 aromatic heterocycles. The fraction of sp³-hybridized carbons (Fsp3) is 1.00. The van der Waals surface area contributed by atoms with Gasteiger partial charge in [0, 0.05) is 18.6 Å². The Labute approximate surface area is 90.1 Å². The highest BCUT2D eigenvalue weighted by atomic mass is 15.2. The summed E-state index contributed by atoms with van der Waals surface area (Å²) in [6.07, 6.45) is 5.10. The van der Waals surface area contributed by atoms with Gasteiger partial charge in [0.05, 0.1) is 0 Å². The van der Waals surface area contributed by atoms with Crippen molar-refractivity contribution in [1.82, 2.24) is 10.2 Å². The molecule has 0 aliphatic heterocycles. The maximum atomic E-state index is 3.29. The van der Waals surface area contributed by atoms with Crippen LogP contribution in [-0.4, -0.2) is 37.6 Å². The molecule has 0 saturated heterocycles. The number of rotatable bonds is 8. The predicted octanol–water partition coefficient (Wildman–Crippen LogP) is 2.49. The van der Waals surface area contributed by atoms with Crippen molar-refractivity contribution in [3.63, 3.8) is 0 Å². The second-order valence-electron chi connectivity index (χ2n) is 4.14. The Morgan fingerprint density at radius 2 is 1.64 bits per heavy atom. The van der Waals surface area contributed by atoms with Gasteiger partial charge in [-0.2, -0.15) is 0 Å². The van der Waals surface area contributed by atoms with Gasteiger partial charge in [0.15, 0.2) is 0 Å². The fourth-order valence-corrected chi connectivity index (χ4v) is 2.18. The van der Waals surface area contributed by atoms with Crippen LogP contribution < -0.4 is 5.32 Å². The zero-order chi connectivity index (χ0) is 11.0. The molecular weight excluding hydrogens is 172 g/mol. The number of hydrogen-bond acceptors (Lipinski definition) is 2. The summed E-state index contributed by atoms with van der Waals surface area (Å²) in [6, 6.07) is 1.45. The van der Waals surface area contributed by atoms with E-state index < -0.39 is 0 Å². The SMILES string of the molecule is CCCC(CNC)N(C)C(CC)CC. The minimum Gasteiger partial charge on any atom is -0.318 e. The van der Waals surface area contributed by atoms with Gasteiger partial charge in [-0.3, -0.25) is 4.90 Å². The maximum absolute atomic E-state index is 3.29. The van der Waals surface area contributed by atoms with Crippen LogP contribution in [0.4, 0.5) is 0 Å². The molecule has 2 nitrogen and oxygen atoms in total. The first-order valence-electron chi connectivity index (χ1n) is 6.07. The molecule has 0 radical (unpaired) electrons. The molecule has 0 heterocycles. The van der Waals surface area contributed by atoms with Gasteiger partial charge >= 0.3 is 0 Å².